The van der Waals surface area contributed by atoms with Crippen LogP contribution in [-0.4, -0.2) is 23.4 Å². The fourth-order valence-corrected chi connectivity index (χ4v) is 2.56. The van der Waals surface area contributed by atoms with E-state index in [-0.39, 0.29) is 16.9 Å². The molecule has 0 amide bonds. The highest BCUT2D eigenvalue weighted by molar-refractivity contribution is 6.74. The average molecular weight is 254 g/mol. The Bertz CT molecular complexity index is 371. The van der Waals surface area contributed by atoms with Gasteiger partial charge in [-0.05, 0) is 25.1 Å². The van der Waals surface area contributed by atoms with Crippen LogP contribution < -0.4 is 0 Å². The Balaban J connectivity index is 2.79. The molecule has 0 aliphatic heterocycles. The van der Waals surface area contributed by atoms with E-state index in [9.17, 15) is 0 Å². The highest BCUT2D eigenvalue weighted by Crippen LogP contribution is 2.39. The second-order valence-electron chi connectivity index (χ2n) is 5.82. The van der Waals surface area contributed by atoms with Gasteiger partial charge >= 0.3 is 0 Å². The fraction of sp³-hybridized carbons (Fsp3) is 0.667. The van der Waals surface area contributed by atoms with Crippen LogP contribution in [0.25, 0.3) is 0 Å². The highest BCUT2D eigenvalue weighted by atomic mass is 28.4. The van der Waals surface area contributed by atoms with Crippen molar-refractivity contribution in [3.8, 4) is 5.75 Å². The van der Waals surface area contributed by atoms with Gasteiger partial charge in [-0.25, -0.2) is 9.97 Å². The average Bonchev–Trinajstić information content (AvgIpc) is 2.16. The van der Waals surface area contributed by atoms with Gasteiger partial charge in [-0.3, -0.25) is 0 Å². The van der Waals surface area contributed by atoms with E-state index >= 15 is 0 Å². The molecular weight excluding hydrogens is 232 g/mol. The van der Waals surface area contributed by atoms with E-state index in [1.807, 2.05) is 6.92 Å². The lowest BCUT2D eigenvalue weighted by Crippen LogP contribution is -2.41. The molecule has 1 N–H and O–H groups in total. The number of aromatic hydroxyl groups is 1. The topological polar surface area (TPSA) is 55.2 Å². The molecule has 96 valence electrons. The smallest absolute Gasteiger partial charge is 0.193 e. The van der Waals surface area contributed by atoms with Crippen LogP contribution in [0.15, 0.2) is 12.4 Å². The molecule has 0 fully saturated rings. The van der Waals surface area contributed by atoms with Crippen LogP contribution in [0.2, 0.25) is 18.1 Å². The van der Waals surface area contributed by atoms with E-state index in [0.29, 0.717) is 5.82 Å². The van der Waals surface area contributed by atoms with Crippen LogP contribution in [-0.2, 0) is 4.43 Å². The van der Waals surface area contributed by atoms with Gasteiger partial charge in [0.2, 0.25) is 0 Å². The zero-order valence-electron chi connectivity index (χ0n) is 11.5. The Labute approximate surface area is 104 Å². The molecule has 5 heteroatoms. The largest absolute Gasteiger partial charge is 0.505 e. The molecule has 1 aromatic heterocycles. The lowest BCUT2D eigenvalue weighted by Gasteiger charge is -2.38. The van der Waals surface area contributed by atoms with E-state index in [1.165, 1.54) is 12.4 Å². The molecule has 1 atom stereocenters. The zero-order valence-corrected chi connectivity index (χ0v) is 12.5. The van der Waals surface area contributed by atoms with Crippen LogP contribution in [0.5, 0.6) is 5.75 Å². The van der Waals surface area contributed by atoms with Gasteiger partial charge < -0.3 is 9.53 Å². The van der Waals surface area contributed by atoms with Crippen molar-refractivity contribution < 1.29 is 9.53 Å². The SMILES string of the molecule is CC(O[Si](C)(C)C(C)(C)C)c1ncc(O)cn1. The summed E-state index contributed by atoms with van der Waals surface area (Å²) < 4.78 is 6.16. The second kappa shape index (κ2) is 4.74. The third-order valence-corrected chi connectivity index (χ3v) is 7.85. The summed E-state index contributed by atoms with van der Waals surface area (Å²) in [5.41, 5.74) is 0. The lowest BCUT2D eigenvalue weighted by molar-refractivity contribution is 0.193. The maximum Gasteiger partial charge on any atom is 0.193 e. The van der Waals surface area contributed by atoms with Crippen LogP contribution >= 0.6 is 0 Å². The van der Waals surface area contributed by atoms with Crippen molar-refractivity contribution in [2.75, 3.05) is 0 Å². The van der Waals surface area contributed by atoms with Crippen molar-refractivity contribution in [2.24, 2.45) is 0 Å². The van der Waals surface area contributed by atoms with E-state index in [2.05, 4.69) is 43.8 Å². The number of hydrogen-bond acceptors (Lipinski definition) is 4. The highest BCUT2D eigenvalue weighted by Gasteiger charge is 2.39. The predicted octanol–water partition coefficient (Wildman–Crippen LogP) is 3.27. The normalized spacial score (nSPS) is 14.7. The van der Waals surface area contributed by atoms with Gasteiger partial charge in [-0.15, -0.1) is 0 Å². The molecule has 0 aliphatic carbocycles. The molecule has 0 aliphatic rings. The number of rotatable bonds is 3. The Hall–Kier alpha value is -0.943. The first-order valence-electron chi connectivity index (χ1n) is 5.82. The Morgan fingerprint density at radius 1 is 1.24 bits per heavy atom. The minimum absolute atomic E-state index is 0.0771. The monoisotopic (exact) mass is 254 g/mol. The first-order chi connectivity index (χ1) is 7.63. The predicted molar refractivity (Wildman–Crippen MR) is 70.4 cm³/mol. The van der Waals surface area contributed by atoms with Crippen molar-refractivity contribution in [2.45, 2.75) is 51.9 Å². The molecule has 1 aromatic rings. The Kier molecular flexibility index (Phi) is 3.94. The summed E-state index contributed by atoms with van der Waals surface area (Å²) in [4.78, 5) is 8.16. The Morgan fingerprint density at radius 3 is 2.12 bits per heavy atom. The van der Waals surface area contributed by atoms with Crippen LogP contribution in [0, 0.1) is 0 Å². The molecule has 0 spiro atoms. The number of aromatic nitrogens is 2. The maximum atomic E-state index is 9.14. The quantitative estimate of drug-likeness (QED) is 0.841. The summed E-state index contributed by atoms with van der Waals surface area (Å²) >= 11 is 0. The van der Waals surface area contributed by atoms with Gasteiger partial charge in [0.1, 0.15) is 6.10 Å². The molecule has 4 nitrogen and oxygen atoms in total. The van der Waals surface area contributed by atoms with Crippen molar-refractivity contribution in [1.29, 1.82) is 0 Å². The third kappa shape index (κ3) is 3.51. The molecule has 17 heavy (non-hydrogen) atoms. The van der Waals surface area contributed by atoms with Crippen molar-refractivity contribution in [1.82, 2.24) is 9.97 Å². The maximum absolute atomic E-state index is 9.14. The summed E-state index contributed by atoms with van der Waals surface area (Å²) in [5.74, 6) is 0.695. The standard InChI is InChI=1S/C12H22N2O2Si/c1-9(11-13-7-10(15)8-14-11)16-17(5,6)12(2,3)4/h7-9,15H,1-6H3. The van der Waals surface area contributed by atoms with E-state index in [1.54, 1.807) is 0 Å². The molecule has 0 aromatic carbocycles. The van der Waals surface area contributed by atoms with E-state index in [4.69, 9.17) is 9.53 Å². The van der Waals surface area contributed by atoms with Crippen molar-refractivity contribution in [3.05, 3.63) is 18.2 Å². The van der Waals surface area contributed by atoms with Crippen LogP contribution in [0.4, 0.5) is 0 Å². The molecule has 1 heterocycles. The molecular formula is C12H22N2O2Si. The Morgan fingerprint density at radius 2 is 1.71 bits per heavy atom. The summed E-state index contributed by atoms with van der Waals surface area (Å²) in [6, 6.07) is 0. The van der Waals surface area contributed by atoms with Gasteiger partial charge in [0.05, 0.1) is 12.4 Å². The van der Waals surface area contributed by atoms with Crippen LogP contribution in [0.1, 0.15) is 39.6 Å². The van der Waals surface area contributed by atoms with Crippen LogP contribution in [0.3, 0.4) is 0 Å². The second-order valence-corrected chi connectivity index (χ2v) is 10.6. The van der Waals surface area contributed by atoms with E-state index in [0.717, 1.165) is 0 Å². The first-order valence-corrected chi connectivity index (χ1v) is 8.73. The minimum atomic E-state index is -1.81. The number of hydrogen-bond donors (Lipinski definition) is 1. The van der Waals surface area contributed by atoms with Gasteiger partial charge in [0, 0.05) is 0 Å². The van der Waals surface area contributed by atoms with E-state index < -0.39 is 8.32 Å². The summed E-state index contributed by atoms with van der Waals surface area (Å²) in [6.45, 7) is 12.9. The third-order valence-electron chi connectivity index (χ3n) is 3.30. The van der Waals surface area contributed by atoms with Gasteiger partial charge in [-0.2, -0.15) is 0 Å². The molecule has 1 rings (SSSR count). The molecule has 1 unspecified atom stereocenters. The van der Waals surface area contributed by atoms with Crippen molar-refractivity contribution in [3.63, 3.8) is 0 Å². The molecule has 0 saturated heterocycles. The fourth-order valence-electron chi connectivity index (χ4n) is 1.21. The van der Waals surface area contributed by atoms with Gasteiger partial charge in [0.15, 0.2) is 19.9 Å². The lowest BCUT2D eigenvalue weighted by atomic mass is 10.2. The summed E-state index contributed by atoms with van der Waals surface area (Å²) in [6.07, 6.45) is 2.65. The molecule has 0 radical (unpaired) electrons. The van der Waals surface area contributed by atoms with Gasteiger partial charge in [0.25, 0.3) is 0 Å². The van der Waals surface area contributed by atoms with Gasteiger partial charge in [-0.1, -0.05) is 20.8 Å². The first kappa shape index (κ1) is 14.1. The summed E-state index contributed by atoms with van der Waals surface area (Å²) in [5, 5.41) is 9.31. The molecule has 0 saturated carbocycles. The zero-order chi connectivity index (χ0) is 13.3. The number of nitrogens with zero attached hydrogens (tertiary/aromatic N) is 2. The molecule has 0 bridgehead atoms. The summed E-state index contributed by atoms with van der Waals surface area (Å²) in [7, 11) is -1.81. The van der Waals surface area contributed by atoms with Crippen molar-refractivity contribution >= 4 is 8.32 Å². The minimum Gasteiger partial charge on any atom is -0.505 e.